The second kappa shape index (κ2) is 4.17. The van der Waals surface area contributed by atoms with E-state index in [1.807, 2.05) is 5.73 Å². The van der Waals surface area contributed by atoms with Crippen molar-refractivity contribution in [2.45, 2.75) is 9.64 Å². The van der Waals surface area contributed by atoms with Crippen molar-refractivity contribution in [1.82, 2.24) is 0 Å². The predicted octanol–water partition coefficient (Wildman–Crippen LogP) is 2.24. The lowest BCUT2D eigenvalue weighted by atomic mass is 10.8. The minimum absolute atomic E-state index is 0.680. The highest BCUT2D eigenvalue weighted by molar-refractivity contribution is 7.62. The van der Waals surface area contributed by atoms with Crippen LogP contribution < -0.4 is 0 Å². The van der Waals surface area contributed by atoms with Crippen molar-refractivity contribution in [3.63, 3.8) is 0 Å². The molecule has 2 unspecified atom stereocenters. The first-order valence-corrected chi connectivity index (χ1v) is 5.59. The van der Waals surface area contributed by atoms with Gasteiger partial charge in [-0.05, 0) is 0 Å². The maximum Gasteiger partial charge on any atom is 0.262 e. The Labute approximate surface area is 84.7 Å². The molecular formula is C5H6Cl3O3P. The Morgan fingerprint density at radius 2 is 2.00 bits per heavy atom. The van der Waals surface area contributed by atoms with Crippen molar-refractivity contribution < 1.29 is 14.6 Å². The van der Waals surface area contributed by atoms with Gasteiger partial charge in [0.25, 0.3) is 7.37 Å². The van der Waals surface area contributed by atoms with E-state index in [2.05, 4.69) is 6.58 Å². The standard InChI is InChI=1S/C5H6Cl3O3P/c1-2-3-12(10,11)4(9)5(6,7)8/h3-4,9H,1H2,(H,10,11). The zero-order chi connectivity index (χ0) is 9.99. The minimum atomic E-state index is -4.04. The van der Waals surface area contributed by atoms with Crippen molar-refractivity contribution in [2.24, 2.45) is 0 Å². The van der Waals surface area contributed by atoms with Gasteiger partial charge in [-0.2, -0.15) is 0 Å². The van der Waals surface area contributed by atoms with Gasteiger partial charge in [0.15, 0.2) is 5.85 Å². The summed E-state index contributed by atoms with van der Waals surface area (Å²) in [6.45, 7) is 3.06. The minimum Gasteiger partial charge on any atom is -0.379 e. The molecule has 0 heterocycles. The van der Waals surface area contributed by atoms with Crippen molar-refractivity contribution in [3.05, 3.63) is 18.1 Å². The van der Waals surface area contributed by atoms with E-state index < -0.39 is 17.0 Å². The first-order valence-electron chi connectivity index (χ1n) is 2.66. The van der Waals surface area contributed by atoms with Crippen LogP contribution in [0.4, 0.5) is 0 Å². The molecule has 70 valence electrons. The van der Waals surface area contributed by atoms with Gasteiger partial charge in [0.05, 0.1) is 0 Å². The van der Waals surface area contributed by atoms with Gasteiger partial charge >= 0.3 is 0 Å². The fourth-order valence-corrected chi connectivity index (χ4v) is 2.49. The molecule has 0 aromatic rings. The van der Waals surface area contributed by atoms with Gasteiger partial charge in [-0.1, -0.05) is 41.4 Å². The van der Waals surface area contributed by atoms with Crippen molar-refractivity contribution in [2.75, 3.05) is 0 Å². The molecule has 0 saturated heterocycles. The summed E-state index contributed by atoms with van der Waals surface area (Å²) in [5.41, 5.74) is 2.04. The summed E-state index contributed by atoms with van der Waals surface area (Å²) in [4.78, 5) is 9.01. The van der Waals surface area contributed by atoms with E-state index in [1.54, 1.807) is 0 Å². The molecule has 0 aliphatic heterocycles. The van der Waals surface area contributed by atoms with Gasteiger partial charge < -0.3 is 10.00 Å². The summed E-state index contributed by atoms with van der Waals surface area (Å²) < 4.78 is 8.86. The lowest BCUT2D eigenvalue weighted by Crippen LogP contribution is -2.24. The molecule has 0 rings (SSSR count). The third kappa shape index (κ3) is 3.51. The molecule has 2 N–H and O–H groups in total. The van der Waals surface area contributed by atoms with Gasteiger partial charge in [0, 0.05) is 5.82 Å². The molecule has 0 amide bonds. The van der Waals surface area contributed by atoms with Crippen LogP contribution in [0.1, 0.15) is 0 Å². The first kappa shape index (κ1) is 12.5. The Kier molecular flexibility index (Phi) is 4.35. The van der Waals surface area contributed by atoms with Gasteiger partial charge in [0.1, 0.15) is 0 Å². The Hall–Kier alpha value is 0.540. The van der Waals surface area contributed by atoms with E-state index in [-0.39, 0.29) is 0 Å². The van der Waals surface area contributed by atoms with E-state index in [1.165, 1.54) is 0 Å². The van der Waals surface area contributed by atoms with E-state index in [4.69, 9.17) is 44.8 Å². The van der Waals surface area contributed by atoms with Crippen LogP contribution in [-0.2, 0) is 4.57 Å². The average Bonchev–Trinajstić information content (AvgIpc) is 1.84. The number of aliphatic hydroxyl groups is 1. The monoisotopic (exact) mass is 250 g/mol. The summed E-state index contributed by atoms with van der Waals surface area (Å²) in [6.07, 6.45) is 0. The zero-order valence-corrected chi connectivity index (χ0v) is 8.91. The summed E-state index contributed by atoms with van der Waals surface area (Å²) in [6, 6.07) is 0. The zero-order valence-electron chi connectivity index (χ0n) is 5.75. The number of aliphatic hydroxyl groups excluding tert-OH is 1. The van der Waals surface area contributed by atoms with Crippen LogP contribution >= 0.6 is 42.2 Å². The largest absolute Gasteiger partial charge is 0.379 e. The SMILES string of the molecule is C=C=CP(=O)(O)C(O)C(Cl)(Cl)Cl. The highest BCUT2D eigenvalue weighted by atomic mass is 35.6. The third-order valence-corrected chi connectivity index (χ3v) is 3.64. The van der Waals surface area contributed by atoms with Crippen LogP contribution in [0, 0.1) is 0 Å². The van der Waals surface area contributed by atoms with Gasteiger partial charge in [-0.3, -0.25) is 4.57 Å². The molecule has 0 aliphatic carbocycles. The molecule has 2 atom stereocenters. The maximum absolute atomic E-state index is 11.1. The molecule has 0 aliphatic rings. The Bertz CT molecular complexity index is 253. The van der Waals surface area contributed by atoms with Crippen molar-refractivity contribution in [3.8, 4) is 0 Å². The van der Waals surface area contributed by atoms with Crippen molar-refractivity contribution >= 4 is 42.2 Å². The summed E-state index contributed by atoms with van der Waals surface area (Å²) in [7, 11) is -4.04. The van der Waals surface area contributed by atoms with E-state index >= 15 is 0 Å². The molecule has 0 radical (unpaired) electrons. The fraction of sp³-hybridized carbons (Fsp3) is 0.400. The summed E-state index contributed by atoms with van der Waals surface area (Å²) in [5.74, 6) is -1.29. The van der Waals surface area contributed by atoms with E-state index in [0.717, 1.165) is 0 Å². The van der Waals surface area contributed by atoms with Crippen LogP contribution in [-0.4, -0.2) is 19.6 Å². The van der Waals surface area contributed by atoms with E-state index in [0.29, 0.717) is 5.82 Å². The molecule has 0 spiro atoms. The lowest BCUT2D eigenvalue weighted by molar-refractivity contribution is 0.237. The molecule has 0 bridgehead atoms. The average molecular weight is 251 g/mol. The van der Waals surface area contributed by atoms with Crippen LogP contribution in [0.2, 0.25) is 0 Å². The second-order valence-electron chi connectivity index (χ2n) is 1.92. The smallest absolute Gasteiger partial charge is 0.262 e. The number of hydrogen-bond donors (Lipinski definition) is 2. The summed E-state index contributed by atoms with van der Waals surface area (Å²) >= 11 is 15.6. The quantitative estimate of drug-likeness (QED) is 0.449. The Balaban J connectivity index is 4.81. The molecule has 12 heavy (non-hydrogen) atoms. The number of alkyl halides is 3. The number of halogens is 3. The van der Waals surface area contributed by atoms with Crippen LogP contribution in [0.15, 0.2) is 18.1 Å². The third-order valence-electron chi connectivity index (χ3n) is 0.919. The predicted molar refractivity (Wildman–Crippen MR) is 49.8 cm³/mol. The van der Waals surface area contributed by atoms with Crippen molar-refractivity contribution in [1.29, 1.82) is 0 Å². The second-order valence-corrected chi connectivity index (χ2v) is 6.38. The number of hydrogen-bond acceptors (Lipinski definition) is 2. The first-order chi connectivity index (χ1) is 5.22. The topological polar surface area (TPSA) is 57.5 Å². The molecule has 0 saturated carbocycles. The van der Waals surface area contributed by atoms with Gasteiger partial charge in [0.2, 0.25) is 3.79 Å². The highest BCUT2D eigenvalue weighted by Gasteiger charge is 2.42. The fourth-order valence-electron chi connectivity index (χ4n) is 0.411. The molecule has 7 heteroatoms. The normalized spacial score (nSPS) is 19.1. The van der Waals surface area contributed by atoms with Crippen LogP contribution in [0.5, 0.6) is 0 Å². The van der Waals surface area contributed by atoms with E-state index in [9.17, 15) is 4.57 Å². The Morgan fingerprint density at radius 1 is 1.58 bits per heavy atom. The molecule has 0 fully saturated rings. The Morgan fingerprint density at radius 3 is 2.25 bits per heavy atom. The lowest BCUT2D eigenvalue weighted by Gasteiger charge is -2.20. The summed E-state index contributed by atoms with van der Waals surface area (Å²) in [5, 5.41) is 9.04. The maximum atomic E-state index is 11.1. The molecule has 0 aromatic carbocycles. The van der Waals surface area contributed by atoms with Crippen LogP contribution in [0.3, 0.4) is 0 Å². The number of rotatable bonds is 2. The van der Waals surface area contributed by atoms with Gasteiger partial charge in [-0.25, -0.2) is 0 Å². The highest BCUT2D eigenvalue weighted by Crippen LogP contribution is 2.54. The van der Waals surface area contributed by atoms with Crippen LogP contribution in [0.25, 0.3) is 0 Å². The molecule has 0 aromatic heterocycles. The molecular weight excluding hydrogens is 245 g/mol. The van der Waals surface area contributed by atoms with Gasteiger partial charge in [-0.15, -0.1) is 5.73 Å². The molecule has 3 nitrogen and oxygen atoms in total.